The van der Waals surface area contributed by atoms with Gasteiger partial charge in [0.2, 0.25) is 5.91 Å². The Morgan fingerprint density at radius 3 is 2.07 bits per heavy atom. The SMILES string of the molecule is CC(C)N(C(=O)[C]1[CH][CH][CH][C]1I)C(C)C. The van der Waals surface area contributed by atoms with Gasteiger partial charge in [0.25, 0.3) is 0 Å². The molecular formula is C12H17INO. The lowest BCUT2D eigenvalue weighted by molar-refractivity contribution is -0.131. The van der Waals surface area contributed by atoms with Gasteiger partial charge in [-0.05, 0) is 47.0 Å². The van der Waals surface area contributed by atoms with Crippen LogP contribution >= 0.6 is 22.6 Å². The lowest BCUT2D eigenvalue weighted by atomic mass is 10.0. The van der Waals surface area contributed by atoms with Crippen molar-refractivity contribution in [2.75, 3.05) is 0 Å². The molecule has 83 valence electrons. The van der Waals surface area contributed by atoms with Crippen molar-refractivity contribution >= 4 is 28.5 Å². The van der Waals surface area contributed by atoms with E-state index >= 15 is 0 Å². The molecule has 0 heterocycles. The standard InChI is InChI=1S/C12H17INO/c1-8(2)14(9(3)4)12(15)10-6-5-7-11(10)13/h5-9H,1-4H3. The van der Waals surface area contributed by atoms with E-state index in [0.29, 0.717) is 0 Å². The molecular weight excluding hydrogens is 301 g/mol. The van der Waals surface area contributed by atoms with E-state index in [9.17, 15) is 4.79 Å². The van der Waals surface area contributed by atoms with Gasteiger partial charge >= 0.3 is 0 Å². The molecule has 0 aromatic carbocycles. The van der Waals surface area contributed by atoms with Crippen LogP contribution in [-0.2, 0) is 4.79 Å². The van der Waals surface area contributed by atoms with E-state index in [4.69, 9.17) is 0 Å². The Balaban J connectivity index is 2.71. The van der Waals surface area contributed by atoms with Crippen LogP contribution in [0.15, 0.2) is 0 Å². The number of hydrogen-bond acceptors (Lipinski definition) is 1. The van der Waals surface area contributed by atoms with Crippen LogP contribution in [-0.4, -0.2) is 22.9 Å². The molecule has 5 radical (unpaired) electrons. The maximum atomic E-state index is 12.2. The van der Waals surface area contributed by atoms with Crippen LogP contribution in [0.5, 0.6) is 0 Å². The fraction of sp³-hybridized carbons (Fsp3) is 0.500. The van der Waals surface area contributed by atoms with Gasteiger partial charge in [0, 0.05) is 12.1 Å². The van der Waals surface area contributed by atoms with Crippen molar-refractivity contribution in [1.29, 1.82) is 0 Å². The van der Waals surface area contributed by atoms with Crippen molar-refractivity contribution in [3.8, 4) is 0 Å². The summed E-state index contributed by atoms with van der Waals surface area (Å²) in [6, 6.07) is 0.478. The van der Waals surface area contributed by atoms with Gasteiger partial charge in [0.1, 0.15) is 0 Å². The molecule has 0 atom stereocenters. The largest absolute Gasteiger partial charge is 0.337 e. The maximum Gasteiger partial charge on any atom is 0.232 e. The molecule has 15 heavy (non-hydrogen) atoms. The molecule has 1 aliphatic carbocycles. The molecule has 0 aliphatic heterocycles. The molecule has 0 aromatic rings. The molecule has 1 aliphatic rings. The topological polar surface area (TPSA) is 20.3 Å². The smallest absolute Gasteiger partial charge is 0.232 e. The molecule has 0 aromatic heterocycles. The number of carbonyl (C=O) groups is 1. The fourth-order valence-electron chi connectivity index (χ4n) is 1.78. The minimum Gasteiger partial charge on any atom is -0.337 e. The third-order valence-corrected chi connectivity index (χ3v) is 3.28. The van der Waals surface area contributed by atoms with E-state index in [1.807, 2.05) is 51.9 Å². The van der Waals surface area contributed by atoms with Gasteiger partial charge in [-0.3, -0.25) is 4.79 Å². The number of nitrogens with zero attached hydrogens (tertiary/aromatic N) is 1. The number of carbonyl (C=O) groups excluding carboxylic acids is 1. The summed E-state index contributed by atoms with van der Waals surface area (Å²) in [7, 11) is 0. The minimum atomic E-state index is 0.134. The summed E-state index contributed by atoms with van der Waals surface area (Å²) < 4.78 is 1.03. The Kier molecular flexibility index (Phi) is 4.87. The number of hydrogen-bond donors (Lipinski definition) is 0. The van der Waals surface area contributed by atoms with Crippen molar-refractivity contribution in [1.82, 2.24) is 4.90 Å². The van der Waals surface area contributed by atoms with Crippen molar-refractivity contribution in [2.45, 2.75) is 39.8 Å². The van der Waals surface area contributed by atoms with Crippen LogP contribution in [0, 0.1) is 29.1 Å². The zero-order chi connectivity index (χ0) is 11.6. The second-order valence-corrected chi connectivity index (χ2v) is 5.35. The summed E-state index contributed by atoms with van der Waals surface area (Å²) in [5.74, 6) is 0.951. The predicted molar refractivity (Wildman–Crippen MR) is 70.5 cm³/mol. The van der Waals surface area contributed by atoms with Gasteiger partial charge in [0.05, 0.1) is 9.84 Å². The minimum absolute atomic E-state index is 0.134. The highest BCUT2D eigenvalue weighted by Gasteiger charge is 2.37. The highest BCUT2D eigenvalue weighted by Crippen LogP contribution is 2.39. The molecule has 2 nitrogen and oxygen atoms in total. The average molecular weight is 318 g/mol. The second-order valence-electron chi connectivity index (χ2n) is 4.19. The Labute approximate surface area is 107 Å². The first-order chi connectivity index (χ1) is 6.95. The summed E-state index contributed by atoms with van der Waals surface area (Å²) >= 11 is 2.20. The molecule has 0 saturated heterocycles. The molecule has 1 fully saturated rings. The molecule has 3 heteroatoms. The van der Waals surface area contributed by atoms with Gasteiger partial charge < -0.3 is 4.90 Å². The highest BCUT2D eigenvalue weighted by molar-refractivity contribution is 14.1. The summed E-state index contributed by atoms with van der Waals surface area (Å²) in [5, 5.41) is 0. The van der Waals surface area contributed by atoms with E-state index in [2.05, 4.69) is 22.6 Å². The van der Waals surface area contributed by atoms with Crippen molar-refractivity contribution in [3.63, 3.8) is 0 Å². The average Bonchev–Trinajstić information content (AvgIpc) is 2.49. The predicted octanol–water partition coefficient (Wildman–Crippen LogP) is 2.80. The normalized spacial score (nSPS) is 19.1. The highest BCUT2D eigenvalue weighted by atomic mass is 127. The molecule has 1 amide bonds. The Bertz CT molecular complexity index is 220. The van der Waals surface area contributed by atoms with Gasteiger partial charge in [-0.25, -0.2) is 0 Å². The maximum absolute atomic E-state index is 12.2. The Morgan fingerprint density at radius 1 is 1.20 bits per heavy atom. The van der Waals surface area contributed by atoms with Gasteiger partial charge in [-0.1, -0.05) is 22.6 Å². The van der Waals surface area contributed by atoms with E-state index in [1.165, 1.54) is 0 Å². The van der Waals surface area contributed by atoms with Crippen LogP contribution in [0.25, 0.3) is 0 Å². The van der Waals surface area contributed by atoms with Crippen LogP contribution in [0.1, 0.15) is 27.7 Å². The third kappa shape index (κ3) is 3.08. The summed E-state index contributed by atoms with van der Waals surface area (Å²) in [5.41, 5.74) is 0. The molecule has 1 saturated carbocycles. The lowest BCUT2D eigenvalue weighted by Gasteiger charge is -2.33. The van der Waals surface area contributed by atoms with Crippen LogP contribution < -0.4 is 0 Å². The number of halogens is 1. The fourth-order valence-corrected chi connectivity index (χ4v) is 2.39. The summed E-state index contributed by atoms with van der Waals surface area (Å²) in [4.78, 5) is 14.1. The van der Waals surface area contributed by atoms with E-state index in [0.717, 1.165) is 9.84 Å². The van der Waals surface area contributed by atoms with Crippen molar-refractivity contribution in [2.24, 2.45) is 0 Å². The monoisotopic (exact) mass is 318 g/mol. The third-order valence-electron chi connectivity index (χ3n) is 2.34. The van der Waals surface area contributed by atoms with Gasteiger partial charge in [0.15, 0.2) is 0 Å². The van der Waals surface area contributed by atoms with Gasteiger partial charge in [-0.2, -0.15) is 0 Å². The summed E-state index contributed by atoms with van der Waals surface area (Å²) in [6.07, 6.45) is 5.78. The van der Waals surface area contributed by atoms with E-state index < -0.39 is 0 Å². The first-order valence-electron chi connectivity index (χ1n) is 5.19. The molecule has 0 spiro atoms. The van der Waals surface area contributed by atoms with E-state index in [1.54, 1.807) is 0 Å². The molecule has 0 N–H and O–H groups in total. The van der Waals surface area contributed by atoms with Crippen molar-refractivity contribution in [3.05, 3.63) is 29.1 Å². The van der Waals surface area contributed by atoms with Crippen LogP contribution in [0.2, 0.25) is 0 Å². The molecule has 0 unspecified atom stereocenters. The van der Waals surface area contributed by atoms with Gasteiger partial charge in [-0.15, -0.1) is 0 Å². The first-order valence-corrected chi connectivity index (χ1v) is 6.27. The zero-order valence-electron chi connectivity index (χ0n) is 9.62. The van der Waals surface area contributed by atoms with Crippen LogP contribution in [0.3, 0.4) is 0 Å². The Hall–Kier alpha value is 0.200. The van der Waals surface area contributed by atoms with E-state index in [-0.39, 0.29) is 18.0 Å². The lowest BCUT2D eigenvalue weighted by Crippen LogP contribution is -2.44. The molecule has 1 rings (SSSR count). The number of amides is 1. The second kappa shape index (κ2) is 5.51. The number of rotatable bonds is 3. The summed E-state index contributed by atoms with van der Waals surface area (Å²) in [6.45, 7) is 8.20. The quantitative estimate of drug-likeness (QED) is 0.733. The first kappa shape index (κ1) is 13.3. The molecule has 0 bridgehead atoms. The van der Waals surface area contributed by atoms with Crippen molar-refractivity contribution < 1.29 is 4.79 Å². The van der Waals surface area contributed by atoms with Crippen LogP contribution in [0.4, 0.5) is 0 Å². The zero-order valence-corrected chi connectivity index (χ0v) is 11.8. The Morgan fingerprint density at radius 2 is 1.73 bits per heavy atom.